The zero-order valence-electron chi connectivity index (χ0n) is 15.8. The van der Waals surface area contributed by atoms with Gasteiger partial charge in [0, 0.05) is 17.0 Å². The Bertz CT molecular complexity index is 925. The third-order valence-electron chi connectivity index (χ3n) is 4.88. The Morgan fingerprint density at radius 2 is 1.86 bits per heavy atom. The van der Waals surface area contributed by atoms with Crippen LogP contribution in [0.4, 0.5) is 4.39 Å². The standard InChI is InChI=1S/C21H23FN4OS/c1-27-19-10-9-17(22)13-16(19)15-28-21-24-23-20(14-25-11-5-6-12-25)26(21)18-7-3-2-4-8-18/h2-4,7-10,13H,5-6,11-12,14-15H2,1H3. The highest BCUT2D eigenvalue weighted by Gasteiger charge is 2.19. The van der Waals surface area contributed by atoms with E-state index in [1.54, 1.807) is 13.2 Å². The van der Waals surface area contributed by atoms with Gasteiger partial charge in [-0.05, 0) is 56.3 Å². The highest BCUT2D eigenvalue weighted by Crippen LogP contribution is 2.30. The second-order valence-corrected chi connectivity index (χ2v) is 7.74. The van der Waals surface area contributed by atoms with Crippen molar-refractivity contribution in [1.29, 1.82) is 0 Å². The summed E-state index contributed by atoms with van der Waals surface area (Å²) in [4.78, 5) is 2.41. The highest BCUT2D eigenvalue weighted by molar-refractivity contribution is 7.98. The molecular formula is C21H23FN4OS. The largest absolute Gasteiger partial charge is 0.496 e. The van der Waals surface area contributed by atoms with Crippen LogP contribution < -0.4 is 4.74 Å². The number of ether oxygens (including phenoxy) is 1. The zero-order chi connectivity index (χ0) is 19.3. The number of aromatic nitrogens is 3. The molecule has 3 aromatic rings. The number of likely N-dealkylation sites (tertiary alicyclic amines) is 1. The summed E-state index contributed by atoms with van der Waals surface area (Å²) in [6.45, 7) is 2.99. The predicted molar refractivity (Wildman–Crippen MR) is 108 cm³/mol. The van der Waals surface area contributed by atoms with Crippen LogP contribution in [0.3, 0.4) is 0 Å². The van der Waals surface area contributed by atoms with Crippen molar-refractivity contribution in [3.05, 3.63) is 65.7 Å². The Balaban J connectivity index is 1.61. The fourth-order valence-electron chi connectivity index (χ4n) is 3.48. The van der Waals surface area contributed by atoms with E-state index in [-0.39, 0.29) is 5.82 Å². The van der Waals surface area contributed by atoms with Crippen molar-refractivity contribution < 1.29 is 9.13 Å². The van der Waals surface area contributed by atoms with E-state index >= 15 is 0 Å². The maximum Gasteiger partial charge on any atom is 0.196 e. The summed E-state index contributed by atoms with van der Waals surface area (Å²) in [6.07, 6.45) is 2.47. The monoisotopic (exact) mass is 398 g/mol. The molecule has 0 bridgehead atoms. The summed E-state index contributed by atoms with van der Waals surface area (Å²) in [6, 6.07) is 14.7. The lowest BCUT2D eigenvalue weighted by atomic mass is 10.2. The Kier molecular flexibility index (Phi) is 5.92. The minimum absolute atomic E-state index is 0.268. The molecule has 28 heavy (non-hydrogen) atoms. The fraction of sp³-hybridized carbons (Fsp3) is 0.333. The van der Waals surface area contributed by atoms with Gasteiger partial charge in [0.2, 0.25) is 0 Å². The van der Waals surface area contributed by atoms with Crippen molar-refractivity contribution in [1.82, 2.24) is 19.7 Å². The van der Waals surface area contributed by atoms with Crippen LogP contribution >= 0.6 is 11.8 Å². The van der Waals surface area contributed by atoms with Gasteiger partial charge in [-0.2, -0.15) is 0 Å². The molecule has 0 atom stereocenters. The molecule has 0 spiro atoms. The van der Waals surface area contributed by atoms with Crippen molar-refractivity contribution in [2.75, 3.05) is 20.2 Å². The van der Waals surface area contributed by atoms with E-state index in [0.717, 1.165) is 41.9 Å². The lowest BCUT2D eigenvalue weighted by molar-refractivity contribution is 0.319. The summed E-state index contributed by atoms with van der Waals surface area (Å²) in [5.41, 5.74) is 1.84. The Hall–Kier alpha value is -2.38. The number of halogens is 1. The van der Waals surface area contributed by atoms with Gasteiger partial charge < -0.3 is 4.74 Å². The Morgan fingerprint density at radius 1 is 1.07 bits per heavy atom. The topological polar surface area (TPSA) is 43.2 Å². The van der Waals surface area contributed by atoms with E-state index in [0.29, 0.717) is 11.5 Å². The van der Waals surface area contributed by atoms with E-state index in [4.69, 9.17) is 4.74 Å². The van der Waals surface area contributed by atoms with Gasteiger partial charge in [0.05, 0.1) is 13.7 Å². The van der Waals surface area contributed by atoms with Crippen molar-refractivity contribution >= 4 is 11.8 Å². The fourth-order valence-corrected chi connectivity index (χ4v) is 4.42. The molecule has 0 unspecified atom stereocenters. The number of methoxy groups -OCH3 is 1. The first-order chi connectivity index (χ1) is 13.7. The van der Waals surface area contributed by atoms with E-state index in [1.165, 1.54) is 36.7 Å². The van der Waals surface area contributed by atoms with Gasteiger partial charge in [0.1, 0.15) is 11.6 Å². The molecule has 0 aliphatic carbocycles. The van der Waals surface area contributed by atoms with Crippen LogP contribution in [0.1, 0.15) is 24.2 Å². The zero-order valence-corrected chi connectivity index (χ0v) is 16.7. The number of thioether (sulfide) groups is 1. The van der Waals surface area contributed by atoms with E-state index in [1.807, 2.05) is 18.2 Å². The number of rotatable bonds is 7. The summed E-state index contributed by atoms with van der Waals surface area (Å²) in [5, 5.41) is 9.71. The number of hydrogen-bond acceptors (Lipinski definition) is 5. The number of benzene rings is 2. The van der Waals surface area contributed by atoms with Gasteiger partial charge in [0.25, 0.3) is 0 Å². The molecule has 1 fully saturated rings. The van der Waals surface area contributed by atoms with Gasteiger partial charge in [-0.1, -0.05) is 30.0 Å². The second-order valence-electron chi connectivity index (χ2n) is 6.80. The third kappa shape index (κ3) is 4.20. The minimum atomic E-state index is -0.268. The van der Waals surface area contributed by atoms with Gasteiger partial charge >= 0.3 is 0 Å². The molecule has 1 aliphatic rings. The lowest BCUT2D eigenvalue weighted by Crippen LogP contribution is -2.21. The Labute approximate surface area is 168 Å². The molecule has 0 saturated carbocycles. The average molecular weight is 399 g/mol. The van der Waals surface area contributed by atoms with Gasteiger partial charge in [-0.3, -0.25) is 9.47 Å². The van der Waals surface area contributed by atoms with Crippen LogP contribution in [0.2, 0.25) is 0 Å². The van der Waals surface area contributed by atoms with Gasteiger partial charge in [-0.25, -0.2) is 4.39 Å². The molecule has 5 nitrogen and oxygen atoms in total. The van der Waals surface area contributed by atoms with E-state index in [9.17, 15) is 4.39 Å². The molecule has 1 saturated heterocycles. The van der Waals surface area contributed by atoms with Crippen LogP contribution in [0, 0.1) is 5.82 Å². The molecule has 1 aliphatic heterocycles. The molecule has 4 rings (SSSR count). The van der Waals surface area contributed by atoms with Gasteiger partial charge in [0.15, 0.2) is 11.0 Å². The summed E-state index contributed by atoms with van der Waals surface area (Å²) in [7, 11) is 1.60. The van der Waals surface area contributed by atoms with E-state index in [2.05, 4.69) is 31.8 Å². The molecule has 146 valence electrons. The summed E-state index contributed by atoms with van der Waals surface area (Å²) in [5.74, 6) is 1.89. The minimum Gasteiger partial charge on any atom is -0.496 e. The van der Waals surface area contributed by atoms with Gasteiger partial charge in [-0.15, -0.1) is 10.2 Å². The normalized spacial score (nSPS) is 14.5. The molecule has 0 amide bonds. The number of hydrogen-bond donors (Lipinski definition) is 0. The predicted octanol–water partition coefficient (Wildman–Crippen LogP) is 4.30. The first-order valence-corrected chi connectivity index (χ1v) is 10.4. The smallest absolute Gasteiger partial charge is 0.196 e. The van der Waals surface area contributed by atoms with Crippen LogP contribution in [-0.2, 0) is 12.3 Å². The maximum atomic E-state index is 13.7. The molecule has 7 heteroatoms. The third-order valence-corrected chi connectivity index (χ3v) is 5.86. The molecule has 0 N–H and O–H groups in total. The first kappa shape index (κ1) is 19.0. The Morgan fingerprint density at radius 3 is 2.61 bits per heavy atom. The molecule has 2 heterocycles. The van der Waals surface area contributed by atoms with Crippen LogP contribution in [0.5, 0.6) is 5.75 Å². The SMILES string of the molecule is COc1ccc(F)cc1CSc1nnc(CN2CCCC2)n1-c1ccccc1. The molecule has 0 radical (unpaired) electrons. The lowest BCUT2D eigenvalue weighted by Gasteiger charge is -2.16. The highest BCUT2D eigenvalue weighted by atomic mass is 32.2. The van der Waals surface area contributed by atoms with E-state index < -0.39 is 0 Å². The second kappa shape index (κ2) is 8.75. The van der Waals surface area contributed by atoms with Crippen LogP contribution in [-0.4, -0.2) is 39.9 Å². The van der Waals surface area contributed by atoms with Crippen LogP contribution in [0.25, 0.3) is 5.69 Å². The van der Waals surface area contributed by atoms with Crippen molar-refractivity contribution in [2.24, 2.45) is 0 Å². The number of nitrogens with zero attached hydrogens (tertiary/aromatic N) is 4. The maximum absolute atomic E-state index is 13.7. The van der Waals surface area contributed by atoms with Crippen molar-refractivity contribution in [2.45, 2.75) is 30.3 Å². The molecule has 1 aromatic heterocycles. The molecule has 2 aromatic carbocycles. The summed E-state index contributed by atoms with van der Waals surface area (Å²) < 4.78 is 21.2. The quantitative estimate of drug-likeness (QED) is 0.555. The molecular weight excluding hydrogens is 375 g/mol. The summed E-state index contributed by atoms with van der Waals surface area (Å²) >= 11 is 1.54. The van der Waals surface area contributed by atoms with Crippen LogP contribution in [0.15, 0.2) is 53.7 Å². The first-order valence-electron chi connectivity index (χ1n) is 9.42. The average Bonchev–Trinajstić information content (AvgIpc) is 3.37. The van der Waals surface area contributed by atoms with Crippen molar-refractivity contribution in [3.63, 3.8) is 0 Å². The van der Waals surface area contributed by atoms with Crippen molar-refractivity contribution in [3.8, 4) is 11.4 Å². The number of para-hydroxylation sites is 1.